The van der Waals surface area contributed by atoms with Gasteiger partial charge in [0.1, 0.15) is 0 Å². The number of rotatable bonds is 4. The van der Waals surface area contributed by atoms with E-state index < -0.39 is 17.8 Å². The lowest BCUT2D eigenvalue weighted by Gasteiger charge is -2.15. The van der Waals surface area contributed by atoms with Gasteiger partial charge in [0, 0.05) is 30.0 Å². The van der Waals surface area contributed by atoms with E-state index in [-0.39, 0.29) is 5.69 Å². The van der Waals surface area contributed by atoms with E-state index in [9.17, 15) is 18.0 Å². The molecule has 160 valence electrons. The Labute approximate surface area is 177 Å². The number of hydrogen-bond donors (Lipinski definition) is 2. The number of carbonyl (C=O) groups excluding carboxylic acids is 1. The fraction of sp³-hybridized carbons (Fsp3) is 0.227. The molecule has 1 aliphatic rings. The van der Waals surface area contributed by atoms with Crippen molar-refractivity contribution >= 4 is 23.2 Å². The number of carbonyl (C=O) groups is 1. The molecule has 9 heteroatoms. The number of urea groups is 1. The van der Waals surface area contributed by atoms with Crippen LogP contribution < -0.4 is 15.5 Å². The van der Waals surface area contributed by atoms with Gasteiger partial charge in [-0.3, -0.25) is 0 Å². The van der Waals surface area contributed by atoms with Crippen LogP contribution in [0, 0.1) is 0 Å². The van der Waals surface area contributed by atoms with Crippen molar-refractivity contribution in [2.75, 3.05) is 28.6 Å². The van der Waals surface area contributed by atoms with Gasteiger partial charge in [0.2, 0.25) is 0 Å². The summed E-state index contributed by atoms with van der Waals surface area (Å²) >= 11 is 0. The normalized spacial score (nSPS) is 13.8. The maximum absolute atomic E-state index is 12.8. The van der Waals surface area contributed by atoms with E-state index in [1.807, 2.05) is 12.1 Å². The first-order valence-electron chi connectivity index (χ1n) is 9.83. The summed E-state index contributed by atoms with van der Waals surface area (Å²) in [6.07, 6.45) is -2.14. The molecule has 2 aromatic carbocycles. The molecule has 31 heavy (non-hydrogen) atoms. The van der Waals surface area contributed by atoms with Crippen LogP contribution in [0.1, 0.15) is 18.4 Å². The highest BCUT2D eigenvalue weighted by molar-refractivity contribution is 5.99. The summed E-state index contributed by atoms with van der Waals surface area (Å²) in [5.41, 5.74) is 1.27. The van der Waals surface area contributed by atoms with Crippen molar-refractivity contribution in [1.82, 2.24) is 10.2 Å². The third-order valence-electron chi connectivity index (χ3n) is 4.97. The van der Waals surface area contributed by atoms with Crippen molar-refractivity contribution in [3.8, 4) is 11.3 Å². The third-order valence-corrected chi connectivity index (χ3v) is 4.97. The molecule has 0 unspecified atom stereocenters. The lowest BCUT2D eigenvalue weighted by Crippen LogP contribution is -2.19. The van der Waals surface area contributed by atoms with Crippen molar-refractivity contribution in [2.24, 2.45) is 0 Å². The maximum Gasteiger partial charge on any atom is 0.416 e. The largest absolute Gasteiger partial charge is 0.416 e. The van der Waals surface area contributed by atoms with Crippen LogP contribution in [0.15, 0.2) is 60.7 Å². The lowest BCUT2D eigenvalue weighted by atomic mass is 10.1. The van der Waals surface area contributed by atoms with E-state index in [0.717, 1.165) is 36.6 Å². The standard InChI is InChI=1S/C22H20F3N5O/c23-22(24,25)16-4-3-5-18(14-16)27-21(31)26-17-8-6-15(7-9-17)19-10-11-20(29-28-19)30-12-1-2-13-30/h3-11,14H,1-2,12-13H2,(H2,26,27,31). The summed E-state index contributed by atoms with van der Waals surface area (Å²) in [7, 11) is 0. The molecule has 0 saturated carbocycles. The smallest absolute Gasteiger partial charge is 0.355 e. The van der Waals surface area contributed by atoms with Gasteiger partial charge in [-0.1, -0.05) is 18.2 Å². The van der Waals surface area contributed by atoms with Crippen molar-refractivity contribution in [1.29, 1.82) is 0 Å². The number of nitrogens with zero attached hydrogens (tertiary/aromatic N) is 3. The lowest BCUT2D eigenvalue weighted by molar-refractivity contribution is -0.137. The monoisotopic (exact) mass is 427 g/mol. The SMILES string of the molecule is O=C(Nc1ccc(-c2ccc(N3CCCC3)nn2)cc1)Nc1cccc(C(F)(F)F)c1. The number of halogens is 3. The molecule has 0 aliphatic carbocycles. The van der Waals surface area contributed by atoms with Crippen molar-refractivity contribution in [3.05, 3.63) is 66.2 Å². The fourth-order valence-corrected chi connectivity index (χ4v) is 3.39. The number of aromatic nitrogens is 2. The van der Waals surface area contributed by atoms with Crippen LogP contribution in [0.4, 0.5) is 35.2 Å². The van der Waals surface area contributed by atoms with Crippen LogP contribution in [-0.4, -0.2) is 29.3 Å². The van der Waals surface area contributed by atoms with Gasteiger partial charge >= 0.3 is 12.2 Å². The molecular formula is C22H20F3N5O. The summed E-state index contributed by atoms with van der Waals surface area (Å²) in [6, 6.07) is 14.6. The number of amides is 2. The van der Waals surface area contributed by atoms with Gasteiger partial charge in [-0.05, 0) is 55.3 Å². The van der Waals surface area contributed by atoms with E-state index in [2.05, 4.69) is 25.7 Å². The second kappa shape index (κ2) is 8.63. The van der Waals surface area contributed by atoms with Gasteiger partial charge in [0.25, 0.3) is 0 Å². The Kier molecular flexibility index (Phi) is 5.75. The van der Waals surface area contributed by atoms with E-state index in [1.54, 1.807) is 24.3 Å². The summed E-state index contributed by atoms with van der Waals surface area (Å²) in [6.45, 7) is 1.99. The average molecular weight is 427 g/mol. The number of anilines is 3. The molecule has 0 bridgehead atoms. The molecule has 1 aromatic heterocycles. The van der Waals surface area contributed by atoms with Crippen molar-refractivity contribution in [3.63, 3.8) is 0 Å². The van der Waals surface area contributed by atoms with Gasteiger partial charge in [-0.25, -0.2) is 4.79 Å². The zero-order chi connectivity index (χ0) is 21.8. The molecule has 0 radical (unpaired) electrons. The van der Waals surface area contributed by atoms with E-state index >= 15 is 0 Å². The van der Waals surface area contributed by atoms with E-state index in [0.29, 0.717) is 11.4 Å². The first-order chi connectivity index (χ1) is 14.9. The molecule has 2 N–H and O–H groups in total. The Morgan fingerprint density at radius 2 is 1.58 bits per heavy atom. The first-order valence-corrected chi connectivity index (χ1v) is 9.83. The minimum atomic E-state index is -4.47. The maximum atomic E-state index is 12.8. The van der Waals surface area contributed by atoms with E-state index in [1.165, 1.54) is 25.0 Å². The second-order valence-corrected chi connectivity index (χ2v) is 7.21. The zero-order valence-corrected chi connectivity index (χ0v) is 16.5. The molecular weight excluding hydrogens is 407 g/mol. The Morgan fingerprint density at radius 1 is 0.871 bits per heavy atom. The molecule has 2 heterocycles. The molecule has 2 amide bonds. The summed E-state index contributed by atoms with van der Waals surface area (Å²) < 4.78 is 38.4. The van der Waals surface area contributed by atoms with Gasteiger partial charge in [0.15, 0.2) is 5.82 Å². The zero-order valence-electron chi connectivity index (χ0n) is 16.5. The Morgan fingerprint density at radius 3 is 2.23 bits per heavy atom. The molecule has 0 atom stereocenters. The minimum Gasteiger partial charge on any atom is -0.355 e. The molecule has 3 aromatic rings. The second-order valence-electron chi connectivity index (χ2n) is 7.21. The van der Waals surface area contributed by atoms with Crippen molar-refractivity contribution in [2.45, 2.75) is 19.0 Å². The average Bonchev–Trinajstić information content (AvgIpc) is 3.29. The Bertz CT molecular complexity index is 1050. The van der Waals surface area contributed by atoms with E-state index in [4.69, 9.17) is 0 Å². The Hall–Kier alpha value is -3.62. The number of benzene rings is 2. The quantitative estimate of drug-likeness (QED) is 0.584. The predicted octanol–water partition coefficient (Wildman–Crippen LogP) is 5.41. The molecule has 1 fully saturated rings. The highest BCUT2D eigenvalue weighted by Gasteiger charge is 2.30. The van der Waals surface area contributed by atoms with Gasteiger partial charge in [-0.15, -0.1) is 10.2 Å². The van der Waals surface area contributed by atoms with Crippen LogP contribution in [-0.2, 0) is 6.18 Å². The summed E-state index contributed by atoms with van der Waals surface area (Å²) in [4.78, 5) is 14.3. The number of alkyl halides is 3. The molecule has 4 rings (SSSR count). The molecule has 1 aliphatic heterocycles. The van der Waals surface area contributed by atoms with Crippen LogP contribution >= 0.6 is 0 Å². The topological polar surface area (TPSA) is 70.2 Å². The first kappa shape index (κ1) is 20.6. The van der Waals surface area contributed by atoms with Gasteiger partial charge < -0.3 is 15.5 Å². The summed E-state index contributed by atoms with van der Waals surface area (Å²) in [5, 5.41) is 13.6. The fourth-order valence-electron chi connectivity index (χ4n) is 3.39. The molecule has 6 nitrogen and oxygen atoms in total. The highest BCUT2D eigenvalue weighted by Crippen LogP contribution is 2.30. The minimum absolute atomic E-state index is 0.0531. The Balaban J connectivity index is 1.37. The summed E-state index contributed by atoms with van der Waals surface area (Å²) in [5.74, 6) is 0.866. The molecule has 1 saturated heterocycles. The van der Waals surface area contributed by atoms with Crippen LogP contribution in [0.3, 0.4) is 0 Å². The number of hydrogen-bond acceptors (Lipinski definition) is 4. The third kappa shape index (κ3) is 5.11. The highest BCUT2D eigenvalue weighted by atomic mass is 19.4. The number of nitrogens with one attached hydrogen (secondary N) is 2. The van der Waals surface area contributed by atoms with Crippen LogP contribution in [0.25, 0.3) is 11.3 Å². The predicted molar refractivity (Wildman–Crippen MR) is 113 cm³/mol. The van der Waals surface area contributed by atoms with Crippen LogP contribution in [0.2, 0.25) is 0 Å². The van der Waals surface area contributed by atoms with Crippen molar-refractivity contribution < 1.29 is 18.0 Å². The van der Waals surface area contributed by atoms with Gasteiger partial charge in [0.05, 0.1) is 11.3 Å². The van der Waals surface area contributed by atoms with Crippen LogP contribution in [0.5, 0.6) is 0 Å². The molecule has 0 spiro atoms. The van der Waals surface area contributed by atoms with Gasteiger partial charge in [-0.2, -0.15) is 13.2 Å².